The first-order valence-electron chi connectivity index (χ1n) is 5.28. The van der Waals surface area contributed by atoms with Crippen LogP contribution in [0.4, 0.5) is 0 Å². The lowest BCUT2D eigenvalue weighted by atomic mass is 10.3. The summed E-state index contributed by atoms with van der Waals surface area (Å²) < 4.78 is 0. The molecule has 0 saturated heterocycles. The van der Waals surface area contributed by atoms with Crippen LogP contribution < -0.4 is 5.73 Å². The van der Waals surface area contributed by atoms with Gasteiger partial charge in [0.1, 0.15) is 0 Å². The lowest BCUT2D eigenvalue weighted by Gasteiger charge is -2.16. The van der Waals surface area contributed by atoms with E-state index in [-0.39, 0.29) is 0 Å². The summed E-state index contributed by atoms with van der Waals surface area (Å²) in [6, 6.07) is 2.16. The quantitative estimate of drug-likeness (QED) is 0.788. The molecule has 0 aromatic carbocycles. The zero-order valence-corrected chi connectivity index (χ0v) is 10.2. The summed E-state index contributed by atoms with van der Waals surface area (Å²) in [7, 11) is 0. The molecule has 1 aromatic rings. The summed E-state index contributed by atoms with van der Waals surface area (Å²) in [5.41, 5.74) is 6.42. The van der Waals surface area contributed by atoms with Crippen LogP contribution in [0.15, 0.2) is 11.4 Å². The van der Waals surface area contributed by atoms with Crippen molar-refractivity contribution in [3.05, 3.63) is 21.9 Å². The third-order valence-electron chi connectivity index (χ3n) is 2.26. The summed E-state index contributed by atoms with van der Waals surface area (Å²) in [5.74, 6) is 5.92. The molecule has 1 rings (SSSR count). The smallest absolute Gasteiger partial charge is 0.0555 e. The maximum absolute atomic E-state index is 5.33. The lowest BCUT2D eigenvalue weighted by molar-refractivity contribution is 0.298. The number of nitrogens with zero attached hydrogens (tertiary/aromatic N) is 1. The van der Waals surface area contributed by atoms with E-state index in [4.69, 9.17) is 5.73 Å². The Labute approximate surface area is 96.1 Å². The third kappa shape index (κ3) is 4.05. The van der Waals surface area contributed by atoms with Crippen molar-refractivity contribution in [2.75, 3.05) is 19.6 Å². The molecule has 0 saturated carbocycles. The van der Waals surface area contributed by atoms with Crippen molar-refractivity contribution in [1.82, 2.24) is 4.90 Å². The second-order valence-electron chi connectivity index (χ2n) is 3.27. The Morgan fingerprint density at radius 2 is 2.13 bits per heavy atom. The topological polar surface area (TPSA) is 29.3 Å². The Balaban J connectivity index is 2.59. The standard InChI is InChI=1S/C12H18N2S/c1-3-14(4-2)9-12-8-11(10-15-12)6-5-7-13/h8,10H,3-4,7,9,13H2,1-2H3. The predicted octanol–water partition coefficient (Wildman–Crippen LogP) is 1.90. The van der Waals surface area contributed by atoms with Gasteiger partial charge in [-0.2, -0.15) is 0 Å². The molecule has 0 radical (unpaired) electrons. The first-order valence-corrected chi connectivity index (χ1v) is 6.16. The molecule has 0 bridgehead atoms. The van der Waals surface area contributed by atoms with E-state index >= 15 is 0 Å². The molecule has 0 amide bonds. The van der Waals surface area contributed by atoms with E-state index in [1.807, 2.05) is 0 Å². The van der Waals surface area contributed by atoms with Crippen molar-refractivity contribution < 1.29 is 0 Å². The number of rotatable bonds is 4. The second-order valence-corrected chi connectivity index (χ2v) is 4.26. The highest BCUT2D eigenvalue weighted by molar-refractivity contribution is 7.10. The van der Waals surface area contributed by atoms with Crippen LogP contribution in [0.1, 0.15) is 24.3 Å². The normalized spacial score (nSPS) is 10.1. The minimum atomic E-state index is 0.432. The van der Waals surface area contributed by atoms with E-state index < -0.39 is 0 Å². The maximum atomic E-state index is 5.33. The van der Waals surface area contributed by atoms with Crippen molar-refractivity contribution in [2.24, 2.45) is 5.73 Å². The van der Waals surface area contributed by atoms with Crippen molar-refractivity contribution >= 4 is 11.3 Å². The molecule has 3 heteroatoms. The molecule has 0 unspecified atom stereocenters. The van der Waals surface area contributed by atoms with Gasteiger partial charge in [-0.3, -0.25) is 4.90 Å². The molecule has 15 heavy (non-hydrogen) atoms. The number of thiophene rings is 1. The third-order valence-corrected chi connectivity index (χ3v) is 3.18. The van der Waals surface area contributed by atoms with Gasteiger partial charge in [0, 0.05) is 22.4 Å². The van der Waals surface area contributed by atoms with Gasteiger partial charge in [0.25, 0.3) is 0 Å². The van der Waals surface area contributed by atoms with E-state index in [1.165, 1.54) is 4.88 Å². The molecule has 2 N–H and O–H groups in total. The molecule has 82 valence electrons. The van der Waals surface area contributed by atoms with Crippen LogP contribution in [-0.4, -0.2) is 24.5 Å². The van der Waals surface area contributed by atoms with Crippen LogP contribution in [0.25, 0.3) is 0 Å². The lowest BCUT2D eigenvalue weighted by Crippen LogP contribution is -2.21. The van der Waals surface area contributed by atoms with Crippen molar-refractivity contribution in [3.8, 4) is 11.8 Å². The van der Waals surface area contributed by atoms with Crippen LogP contribution in [0.3, 0.4) is 0 Å². The number of hydrogen-bond acceptors (Lipinski definition) is 3. The largest absolute Gasteiger partial charge is 0.320 e. The van der Waals surface area contributed by atoms with Gasteiger partial charge in [-0.1, -0.05) is 25.7 Å². The highest BCUT2D eigenvalue weighted by Gasteiger charge is 2.03. The molecule has 0 aliphatic carbocycles. The van der Waals surface area contributed by atoms with E-state index in [9.17, 15) is 0 Å². The highest BCUT2D eigenvalue weighted by Crippen LogP contribution is 2.15. The van der Waals surface area contributed by atoms with Gasteiger partial charge >= 0.3 is 0 Å². The van der Waals surface area contributed by atoms with Crippen LogP contribution in [0, 0.1) is 11.8 Å². The predicted molar refractivity (Wildman–Crippen MR) is 66.9 cm³/mol. The fourth-order valence-corrected chi connectivity index (χ4v) is 2.21. The highest BCUT2D eigenvalue weighted by atomic mass is 32.1. The summed E-state index contributed by atoms with van der Waals surface area (Å²) in [6.07, 6.45) is 0. The summed E-state index contributed by atoms with van der Waals surface area (Å²) in [6.45, 7) is 8.03. The minimum absolute atomic E-state index is 0.432. The van der Waals surface area contributed by atoms with Gasteiger partial charge in [-0.15, -0.1) is 11.3 Å². The first-order chi connectivity index (χ1) is 7.30. The fourth-order valence-electron chi connectivity index (χ4n) is 1.35. The molecular weight excluding hydrogens is 204 g/mol. The molecule has 1 heterocycles. The molecule has 1 aromatic heterocycles. The summed E-state index contributed by atoms with van der Waals surface area (Å²) in [4.78, 5) is 3.77. The average Bonchev–Trinajstić information content (AvgIpc) is 2.70. The zero-order chi connectivity index (χ0) is 11.1. The second kappa shape index (κ2) is 6.62. The van der Waals surface area contributed by atoms with E-state index in [0.29, 0.717) is 6.54 Å². The molecule has 2 nitrogen and oxygen atoms in total. The minimum Gasteiger partial charge on any atom is -0.320 e. The average molecular weight is 222 g/mol. The van der Waals surface area contributed by atoms with Gasteiger partial charge in [0.2, 0.25) is 0 Å². The Morgan fingerprint density at radius 1 is 1.40 bits per heavy atom. The molecular formula is C12H18N2S. The van der Waals surface area contributed by atoms with Gasteiger partial charge in [-0.25, -0.2) is 0 Å². The van der Waals surface area contributed by atoms with Crippen molar-refractivity contribution in [3.63, 3.8) is 0 Å². The molecule has 0 aliphatic heterocycles. The first kappa shape index (κ1) is 12.3. The van der Waals surface area contributed by atoms with Gasteiger partial charge < -0.3 is 5.73 Å². The summed E-state index contributed by atoms with van der Waals surface area (Å²) >= 11 is 1.77. The molecule has 0 atom stereocenters. The van der Waals surface area contributed by atoms with E-state index in [0.717, 1.165) is 25.2 Å². The van der Waals surface area contributed by atoms with E-state index in [2.05, 4.69) is 42.0 Å². The van der Waals surface area contributed by atoms with Crippen molar-refractivity contribution in [2.45, 2.75) is 20.4 Å². The van der Waals surface area contributed by atoms with Crippen LogP contribution in [0.5, 0.6) is 0 Å². The summed E-state index contributed by atoms with van der Waals surface area (Å²) in [5, 5.41) is 2.10. The Morgan fingerprint density at radius 3 is 2.73 bits per heavy atom. The van der Waals surface area contributed by atoms with Crippen LogP contribution in [-0.2, 0) is 6.54 Å². The van der Waals surface area contributed by atoms with E-state index in [1.54, 1.807) is 11.3 Å². The maximum Gasteiger partial charge on any atom is 0.0555 e. The molecule has 0 fully saturated rings. The Bertz CT molecular complexity index is 342. The molecule has 0 spiro atoms. The van der Waals surface area contributed by atoms with Crippen molar-refractivity contribution in [1.29, 1.82) is 0 Å². The zero-order valence-electron chi connectivity index (χ0n) is 9.42. The van der Waals surface area contributed by atoms with Gasteiger partial charge in [0.05, 0.1) is 6.54 Å². The molecule has 0 aliphatic rings. The Hall–Kier alpha value is -0.820. The number of nitrogens with two attached hydrogens (primary N) is 1. The van der Waals surface area contributed by atoms with Crippen LogP contribution >= 0.6 is 11.3 Å². The Kier molecular flexibility index (Phi) is 5.41. The van der Waals surface area contributed by atoms with Gasteiger partial charge in [0.15, 0.2) is 0 Å². The monoisotopic (exact) mass is 222 g/mol. The fraction of sp³-hybridized carbons (Fsp3) is 0.500. The van der Waals surface area contributed by atoms with Gasteiger partial charge in [-0.05, 0) is 19.2 Å². The number of hydrogen-bond donors (Lipinski definition) is 1. The van der Waals surface area contributed by atoms with Crippen LogP contribution in [0.2, 0.25) is 0 Å². The SMILES string of the molecule is CCN(CC)Cc1cc(C#CCN)cs1.